The fraction of sp³-hybridized carbons (Fsp3) is 0.538. The number of hydrogen-bond donors (Lipinski definition) is 2. The summed E-state index contributed by atoms with van der Waals surface area (Å²) in [5, 5.41) is 14.1. The summed E-state index contributed by atoms with van der Waals surface area (Å²) in [5.74, 6) is 0. The number of nitro benzene ring substituents is 1. The van der Waals surface area contributed by atoms with E-state index in [2.05, 4.69) is 10.0 Å². The quantitative estimate of drug-likeness (QED) is 0.586. The van der Waals surface area contributed by atoms with Gasteiger partial charge in [-0.05, 0) is 38.4 Å². The molecule has 0 bridgehead atoms. The molecule has 0 aliphatic carbocycles. The van der Waals surface area contributed by atoms with Gasteiger partial charge in [-0.1, -0.05) is 13.0 Å². The maximum atomic E-state index is 12.4. The summed E-state index contributed by atoms with van der Waals surface area (Å²) in [6.07, 6.45) is 0. The van der Waals surface area contributed by atoms with Crippen LogP contribution in [-0.2, 0) is 10.0 Å². The zero-order valence-electron chi connectivity index (χ0n) is 12.6. The number of nitro groups is 1. The summed E-state index contributed by atoms with van der Waals surface area (Å²) in [6, 6.07) is 2.71. The number of nitrogens with one attached hydrogen (secondary N) is 2. The van der Waals surface area contributed by atoms with E-state index in [0.29, 0.717) is 17.7 Å². The van der Waals surface area contributed by atoms with Crippen molar-refractivity contribution < 1.29 is 13.3 Å². The Hall–Kier alpha value is -1.51. The molecule has 0 spiro atoms. The Morgan fingerprint density at radius 3 is 2.48 bits per heavy atom. The molecule has 0 unspecified atom stereocenters. The van der Waals surface area contributed by atoms with E-state index in [-0.39, 0.29) is 17.5 Å². The van der Waals surface area contributed by atoms with Crippen LogP contribution in [0.2, 0.25) is 0 Å². The second-order valence-corrected chi connectivity index (χ2v) is 6.63. The van der Waals surface area contributed by atoms with Gasteiger partial charge < -0.3 is 5.32 Å². The molecule has 0 saturated carbocycles. The highest BCUT2D eigenvalue weighted by molar-refractivity contribution is 7.89. The largest absolute Gasteiger partial charge is 0.313 e. The SMILES string of the molecule is CCN[C@H](C)CNS(=O)(=O)c1c([N+](=O)[O-])ccc(C)c1C. The van der Waals surface area contributed by atoms with Gasteiger partial charge in [-0.2, -0.15) is 0 Å². The minimum absolute atomic E-state index is 0.0612. The van der Waals surface area contributed by atoms with Crippen LogP contribution in [-0.4, -0.2) is 32.5 Å². The summed E-state index contributed by atoms with van der Waals surface area (Å²) in [7, 11) is -3.93. The van der Waals surface area contributed by atoms with Crippen LogP contribution < -0.4 is 10.0 Å². The standard InChI is InChI=1S/C13H21N3O4S/c1-5-14-10(3)8-15-21(19,20)13-11(4)9(2)6-7-12(13)16(17)18/h6-7,10,14-15H,5,8H2,1-4H3/t10-/m1/s1. The molecule has 8 heteroatoms. The predicted molar refractivity (Wildman–Crippen MR) is 80.9 cm³/mol. The van der Waals surface area contributed by atoms with Gasteiger partial charge in [0.15, 0.2) is 4.90 Å². The van der Waals surface area contributed by atoms with Crippen molar-refractivity contribution in [2.75, 3.05) is 13.1 Å². The molecule has 0 saturated heterocycles. The Labute approximate surface area is 124 Å². The number of rotatable bonds is 7. The lowest BCUT2D eigenvalue weighted by Crippen LogP contribution is -2.39. The normalized spacial score (nSPS) is 13.1. The van der Waals surface area contributed by atoms with Crippen molar-refractivity contribution in [2.45, 2.75) is 38.6 Å². The van der Waals surface area contributed by atoms with Crippen molar-refractivity contribution in [1.82, 2.24) is 10.0 Å². The second-order valence-electron chi connectivity index (χ2n) is 4.92. The van der Waals surface area contributed by atoms with Crippen molar-refractivity contribution in [3.63, 3.8) is 0 Å². The fourth-order valence-electron chi connectivity index (χ4n) is 1.99. The molecule has 0 aliphatic heterocycles. The summed E-state index contributed by atoms with van der Waals surface area (Å²) < 4.78 is 27.2. The van der Waals surface area contributed by atoms with E-state index >= 15 is 0 Å². The van der Waals surface area contributed by atoms with Gasteiger partial charge in [0.1, 0.15) is 0 Å². The first-order valence-corrected chi connectivity index (χ1v) is 8.16. The molecule has 0 heterocycles. The average molecular weight is 315 g/mol. The molecule has 118 valence electrons. The lowest BCUT2D eigenvalue weighted by atomic mass is 10.1. The lowest BCUT2D eigenvalue weighted by Gasteiger charge is -2.15. The highest BCUT2D eigenvalue weighted by Gasteiger charge is 2.28. The van der Waals surface area contributed by atoms with E-state index in [4.69, 9.17) is 0 Å². The summed E-state index contributed by atoms with van der Waals surface area (Å²) in [4.78, 5) is 10.1. The Morgan fingerprint density at radius 1 is 1.33 bits per heavy atom. The zero-order valence-corrected chi connectivity index (χ0v) is 13.5. The maximum Gasteiger partial charge on any atom is 0.289 e. The first kappa shape index (κ1) is 17.5. The van der Waals surface area contributed by atoms with Gasteiger partial charge in [0.25, 0.3) is 5.69 Å². The van der Waals surface area contributed by atoms with Gasteiger partial charge in [0, 0.05) is 18.7 Å². The molecule has 1 rings (SSSR count). The van der Waals surface area contributed by atoms with E-state index in [1.54, 1.807) is 19.9 Å². The van der Waals surface area contributed by atoms with Crippen molar-refractivity contribution in [3.8, 4) is 0 Å². The van der Waals surface area contributed by atoms with Crippen molar-refractivity contribution in [3.05, 3.63) is 33.4 Å². The minimum Gasteiger partial charge on any atom is -0.313 e. The number of benzene rings is 1. The molecule has 7 nitrogen and oxygen atoms in total. The number of likely N-dealkylation sites (N-methyl/N-ethyl adjacent to an activating group) is 1. The first-order chi connectivity index (χ1) is 9.70. The van der Waals surface area contributed by atoms with Gasteiger partial charge in [-0.3, -0.25) is 10.1 Å². The molecule has 1 aromatic carbocycles. The van der Waals surface area contributed by atoms with Gasteiger partial charge in [-0.25, -0.2) is 13.1 Å². The Morgan fingerprint density at radius 2 is 1.95 bits per heavy atom. The molecule has 2 N–H and O–H groups in total. The van der Waals surface area contributed by atoms with Crippen molar-refractivity contribution in [1.29, 1.82) is 0 Å². The monoisotopic (exact) mass is 315 g/mol. The molecule has 21 heavy (non-hydrogen) atoms. The van der Waals surface area contributed by atoms with E-state index in [9.17, 15) is 18.5 Å². The van der Waals surface area contributed by atoms with Crippen LogP contribution in [0.4, 0.5) is 5.69 Å². The van der Waals surface area contributed by atoms with E-state index in [1.807, 2.05) is 13.8 Å². The molecule has 0 amide bonds. The third-order valence-electron chi connectivity index (χ3n) is 3.25. The molecule has 1 atom stereocenters. The molecule has 1 aromatic rings. The molecular formula is C13H21N3O4S. The summed E-state index contributed by atoms with van der Waals surface area (Å²) in [6.45, 7) is 7.93. The summed E-state index contributed by atoms with van der Waals surface area (Å²) in [5.41, 5.74) is 0.690. The Kier molecular flexibility index (Phi) is 5.82. The van der Waals surface area contributed by atoms with Crippen molar-refractivity contribution in [2.24, 2.45) is 0 Å². The van der Waals surface area contributed by atoms with Crippen LogP contribution in [0.1, 0.15) is 25.0 Å². The number of hydrogen-bond acceptors (Lipinski definition) is 5. The number of aryl methyl sites for hydroxylation is 1. The minimum atomic E-state index is -3.93. The third kappa shape index (κ3) is 4.23. The van der Waals surface area contributed by atoms with Crippen LogP contribution in [0.25, 0.3) is 0 Å². The van der Waals surface area contributed by atoms with Crippen molar-refractivity contribution >= 4 is 15.7 Å². The Balaban J connectivity index is 3.19. The van der Waals surface area contributed by atoms with Gasteiger partial charge in [0.2, 0.25) is 10.0 Å². The highest BCUT2D eigenvalue weighted by Crippen LogP contribution is 2.29. The molecule has 0 radical (unpaired) electrons. The van der Waals surface area contributed by atoms with E-state index < -0.39 is 20.6 Å². The summed E-state index contributed by atoms with van der Waals surface area (Å²) >= 11 is 0. The predicted octanol–water partition coefficient (Wildman–Crippen LogP) is 1.49. The number of sulfonamides is 1. The molecule has 0 fully saturated rings. The highest BCUT2D eigenvalue weighted by atomic mass is 32.2. The smallest absolute Gasteiger partial charge is 0.289 e. The van der Waals surface area contributed by atoms with Crippen LogP contribution in [0.3, 0.4) is 0 Å². The fourth-order valence-corrected chi connectivity index (χ4v) is 3.58. The zero-order chi connectivity index (χ0) is 16.2. The van der Waals surface area contributed by atoms with Crippen LogP contribution in [0.5, 0.6) is 0 Å². The lowest BCUT2D eigenvalue weighted by molar-refractivity contribution is -0.387. The third-order valence-corrected chi connectivity index (χ3v) is 4.85. The van der Waals surface area contributed by atoms with E-state index in [1.165, 1.54) is 6.07 Å². The molecule has 0 aromatic heterocycles. The van der Waals surface area contributed by atoms with E-state index in [0.717, 1.165) is 0 Å². The topological polar surface area (TPSA) is 101 Å². The number of nitrogens with zero attached hydrogens (tertiary/aromatic N) is 1. The van der Waals surface area contributed by atoms with Crippen LogP contribution >= 0.6 is 0 Å². The molecular weight excluding hydrogens is 294 g/mol. The van der Waals surface area contributed by atoms with Crippen LogP contribution in [0, 0.1) is 24.0 Å². The second kappa shape index (κ2) is 6.97. The first-order valence-electron chi connectivity index (χ1n) is 6.68. The van der Waals surface area contributed by atoms with Crippen LogP contribution in [0.15, 0.2) is 17.0 Å². The van der Waals surface area contributed by atoms with Gasteiger partial charge in [0.05, 0.1) is 4.92 Å². The Bertz CT molecular complexity index is 629. The molecule has 0 aliphatic rings. The maximum absolute atomic E-state index is 12.4. The van der Waals surface area contributed by atoms with Gasteiger partial charge >= 0.3 is 0 Å². The average Bonchev–Trinajstić information content (AvgIpc) is 2.39. The van der Waals surface area contributed by atoms with Gasteiger partial charge in [-0.15, -0.1) is 0 Å².